The number of hydrogen-bond acceptors (Lipinski definition) is 5. The Balaban J connectivity index is 1.74. The highest BCUT2D eigenvalue weighted by atomic mass is 16.5. The Morgan fingerprint density at radius 1 is 1.19 bits per heavy atom. The standard InChI is InChI=1S/C16H22N4O/c1-16(2,13-6-4-3-5-7-13)15-18-14(19-21-15)12-20-10-8-17-9-11-20/h3-7,17H,8-12H2,1-2H3. The van der Waals surface area contributed by atoms with Crippen LogP contribution >= 0.6 is 0 Å². The van der Waals surface area contributed by atoms with Crippen LogP contribution in [0.4, 0.5) is 0 Å². The van der Waals surface area contributed by atoms with Gasteiger partial charge in [0, 0.05) is 26.2 Å². The van der Waals surface area contributed by atoms with Crippen LogP contribution in [0.1, 0.15) is 31.1 Å². The van der Waals surface area contributed by atoms with Gasteiger partial charge in [-0.3, -0.25) is 4.90 Å². The third kappa shape index (κ3) is 3.14. The quantitative estimate of drug-likeness (QED) is 0.929. The van der Waals surface area contributed by atoms with E-state index in [1.807, 2.05) is 18.2 Å². The molecule has 2 aromatic rings. The van der Waals surface area contributed by atoms with Crippen molar-refractivity contribution in [3.05, 3.63) is 47.6 Å². The number of hydrogen-bond donors (Lipinski definition) is 1. The molecule has 0 atom stereocenters. The summed E-state index contributed by atoms with van der Waals surface area (Å²) in [4.78, 5) is 6.96. The van der Waals surface area contributed by atoms with Crippen molar-refractivity contribution < 1.29 is 4.52 Å². The molecule has 0 saturated carbocycles. The van der Waals surface area contributed by atoms with Gasteiger partial charge >= 0.3 is 0 Å². The van der Waals surface area contributed by atoms with Crippen LogP contribution in [0.15, 0.2) is 34.9 Å². The van der Waals surface area contributed by atoms with Gasteiger partial charge in [-0.1, -0.05) is 35.5 Å². The van der Waals surface area contributed by atoms with Crippen LogP contribution in [0.5, 0.6) is 0 Å². The summed E-state index contributed by atoms with van der Waals surface area (Å²) < 4.78 is 5.52. The minimum atomic E-state index is -0.268. The molecule has 1 aliphatic heterocycles. The molecule has 1 fully saturated rings. The maximum atomic E-state index is 5.52. The van der Waals surface area contributed by atoms with Crippen molar-refractivity contribution in [3.63, 3.8) is 0 Å². The van der Waals surface area contributed by atoms with E-state index < -0.39 is 0 Å². The smallest absolute Gasteiger partial charge is 0.236 e. The maximum Gasteiger partial charge on any atom is 0.236 e. The molecule has 1 aromatic carbocycles. The van der Waals surface area contributed by atoms with E-state index in [1.165, 1.54) is 5.56 Å². The molecule has 1 N–H and O–H groups in total. The normalized spacial score (nSPS) is 17.0. The first-order chi connectivity index (χ1) is 10.2. The van der Waals surface area contributed by atoms with Gasteiger partial charge in [0.1, 0.15) is 0 Å². The van der Waals surface area contributed by atoms with E-state index in [-0.39, 0.29) is 5.41 Å². The Morgan fingerprint density at radius 3 is 2.62 bits per heavy atom. The van der Waals surface area contributed by atoms with Crippen LogP contribution in [0.3, 0.4) is 0 Å². The van der Waals surface area contributed by atoms with Gasteiger partial charge in [0.05, 0.1) is 12.0 Å². The Bertz CT molecular complexity index is 573. The third-order valence-electron chi connectivity index (χ3n) is 4.07. The summed E-state index contributed by atoms with van der Waals surface area (Å²) in [6.45, 7) is 9.11. The predicted molar refractivity (Wildman–Crippen MR) is 81.0 cm³/mol. The van der Waals surface area contributed by atoms with Gasteiger partial charge in [-0.15, -0.1) is 0 Å². The molecule has 0 aliphatic carbocycles. The van der Waals surface area contributed by atoms with Crippen LogP contribution in [0, 0.1) is 0 Å². The molecule has 0 spiro atoms. The summed E-state index contributed by atoms with van der Waals surface area (Å²) in [5.41, 5.74) is 0.915. The monoisotopic (exact) mass is 286 g/mol. The zero-order chi connectivity index (χ0) is 14.7. The van der Waals surface area contributed by atoms with E-state index in [2.05, 4.69) is 46.3 Å². The van der Waals surface area contributed by atoms with Crippen molar-refractivity contribution in [2.45, 2.75) is 25.8 Å². The molecule has 0 radical (unpaired) electrons. The summed E-state index contributed by atoms with van der Waals surface area (Å²) in [6.07, 6.45) is 0. The fraction of sp³-hybridized carbons (Fsp3) is 0.500. The van der Waals surface area contributed by atoms with Crippen LogP contribution in [-0.2, 0) is 12.0 Å². The van der Waals surface area contributed by atoms with E-state index in [9.17, 15) is 0 Å². The van der Waals surface area contributed by atoms with Crippen LogP contribution in [-0.4, -0.2) is 41.2 Å². The summed E-state index contributed by atoms with van der Waals surface area (Å²) >= 11 is 0. The second-order valence-electron chi connectivity index (χ2n) is 6.03. The molecule has 5 heteroatoms. The number of piperazine rings is 1. The van der Waals surface area contributed by atoms with E-state index in [4.69, 9.17) is 4.52 Å². The van der Waals surface area contributed by atoms with Crippen molar-refractivity contribution >= 4 is 0 Å². The number of aromatic nitrogens is 2. The molecule has 1 aliphatic rings. The van der Waals surface area contributed by atoms with E-state index in [0.717, 1.165) is 38.5 Å². The average molecular weight is 286 g/mol. The number of rotatable bonds is 4. The lowest BCUT2D eigenvalue weighted by Crippen LogP contribution is -2.43. The van der Waals surface area contributed by atoms with Gasteiger partial charge in [0.2, 0.25) is 5.89 Å². The van der Waals surface area contributed by atoms with Crippen molar-refractivity contribution in [1.29, 1.82) is 0 Å². The molecule has 5 nitrogen and oxygen atoms in total. The summed E-state index contributed by atoms with van der Waals surface area (Å²) in [5, 5.41) is 7.50. The molecular weight excluding hydrogens is 264 g/mol. The minimum absolute atomic E-state index is 0.268. The lowest BCUT2D eigenvalue weighted by atomic mass is 9.84. The molecule has 1 aromatic heterocycles. The first-order valence-electron chi connectivity index (χ1n) is 7.48. The lowest BCUT2D eigenvalue weighted by molar-refractivity contribution is 0.224. The second kappa shape index (κ2) is 5.95. The minimum Gasteiger partial charge on any atom is -0.338 e. The molecule has 2 heterocycles. The highest BCUT2D eigenvalue weighted by Gasteiger charge is 2.29. The zero-order valence-electron chi connectivity index (χ0n) is 12.7. The third-order valence-corrected chi connectivity index (χ3v) is 4.07. The number of nitrogens with zero attached hydrogens (tertiary/aromatic N) is 3. The Hall–Kier alpha value is -1.72. The molecule has 0 unspecified atom stereocenters. The topological polar surface area (TPSA) is 54.2 Å². The van der Waals surface area contributed by atoms with E-state index in [1.54, 1.807) is 0 Å². The molecule has 0 bridgehead atoms. The summed E-state index contributed by atoms with van der Waals surface area (Å²) in [7, 11) is 0. The average Bonchev–Trinajstić information content (AvgIpc) is 2.98. The Morgan fingerprint density at radius 2 is 1.90 bits per heavy atom. The van der Waals surface area contributed by atoms with E-state index >= 15 is 0 Å². The first kappa shape index (κ1) is 14.2. The predicted octanol–water partition coefficient (Wildman–Crippen LogP) is 1.80. The van der Waals surface area contributed by atoms with Crippen molar-refractivity contribution in [1.82, 2.24) is 20.4 Å². The van der Waals surface area contributed by atoms with Gasteiger partial charge in [0.25, 0.3) is 0 Å². The molecule has 1 saturated heterocycles. The Kier molecular flexibility index (Phi) is 4.03. The van der Waals surface area contributed by atoms with Crippen molar-refractivity contribution in [2.75, 3.05) is 26.2 Å². The molecule has 0 amide bonds. The van der Waals surface area contributed by atoms with Gasteiger partial charge < -0.3 is 9.84 Å². The van der Waals surface area contributed by atoms with Crippen LogP contribution in [0.2, 0.25) is 0 Å². The molecule has 3 rings (SSSR count). The van der Waals surface area contributed by atoms with Crippen molar-refractivity contribution in [2.24, 2.45) is 0 Å². The van der Waals surface area contributed by atoms with Crippen molar-refractivity contribution in [3.8, 4) is 0 Å². The number of benzene rings is 1. The fourth-order valence-electron chi connectivity index (χ4n) is 2.62. The first-order valence-corrected chi connectivity index (χ1v) is 7.48. The van der Waals surface area contributed by atoms with Gasteiger partial charge in [-0.25, -0.2) is 0 Å². The van der Waals surface area contributed by atoms with Crippen LogP contribution in [0.25, 0.3) is 0 Å². The molecule has 21 heavy (non-hydrogen) atoms. The summed E-state index contributed by atoms with van der Waals surface area (Å²) in [5.74, 6) is 1.45. The van der Waals surface area contributed by atoms with Gasteiger partial charge in [-0.05, 0) is 19.4 Å². The van der Waals surface area contributed by atoms with Gasteiger partial charge in [-0.2, -0.15) is 4.98 Å². The SMILES string of the molecule is CC(C)(c1ccccc1)c1nc(CN2CCNCC2)no1. The lowest BCUT2D eigenvalue weighted by Gasteiger charge is -2.25. The second-order valence-corrected chi connectivity index (χ2v) is 6.03. The zero-order valence-corrected chi connectivity index (χ0v) is 12.7. The molecular formula is C16H22N4O. The summed E-state index contributed by atoms with van der Waals surface area (Å²) in [6, 6.07) is 10.3. The maximum absolute atomic E-state index is 5.52. The Labute approximate surface area is 125 Å². The van der Waals surface area contributed by atoms with E-state index in [0.29, 0.717) is 5.89 Å². The highest BCUT2D eigenvalue weighted by Crippen LogP contribution is 2.29. The van der Waals surface area contributed by atoms with Gasteiger partial charge in [0.15, 0.2) is 5.82 Å². The largest absolute Gasteiger partial charge is 0.338 e. The van der Waals surface area contributed by atoms with Crippen LogP contribution < -0.4 is 5.32 Å². The highest BCUT2D eigenvalue weighted by molar-refractivity contribution is 5.29. The number of nitrogens with one attached hydrogen (secondary N) is 1. The fourth-order valence-corrected chi connectivity index (χ4v) is 2.62. The molecule has 112 valence electrons.